The molecule has 0 bridgehead atoms. The zero-order valence-electron chi connectivity index (χ0n) is 15.8. The molecule has 2 heterocycles. The van der Waals surface area contributed by atoms with Crippen LogP contribution in [0.3, 0.4) is 0 Å². The van der Waals surface area contributed by atoms with Gasteiger partial charge in [-0.05, 0) is 37.0 Å². The van der Waals surface area contributed by atoms with E-state index in [0.29, 0.717) is 29.4 Å². The Hall–Kier alpha value is -2.92. The van der Waals surface area contributed by atoms with E-state index in [-0.39, 0.29) is 23.5 Å². The van der Waals surface area contributed by atoms with Gasteiger partial charge in [0.15, 0.2) is 5.43 Å². The minimum Gasteiger partial charge on any atom is -0.464 e. The summed E-state index contributed by atoms with van der Waals surface area (Å²) >= 11 is 0. The number of para-hydroxylation sites is 1. The van der Waals surface area contributed by atoms with Crippen molar-refractivity contribution in [3.63, 3.8) is 0 Å². The minimum absolute atomic E-state index is 0.0455. The van der Waals surface area contributed by atoms with Gasteiger partial charge in [0.05, 0.1) is 23.2 Å². The van der Waals surface area contributed by atoms with E-state index in [1.54, 1.807) is 12.1 Å². The third-order valence-corrected chi connectivity index (χ3v) is 5.17. The fourth-order valence-electron chi connectivity index (χ4n) is 3.94. The topological polar surface area (TPSA) is 68.5 Å². The number of hydrogen-bond acceptors (Lipinski definition) is 4. The second-order valence-electron chi connectivity index (χ2n) is 7.32. The fraction of sp³-hybridized carbons (Fsp3) is 0.304. The van der Waals surface area contributed by atoms with E-state index < -0.39 is 6.10 Å². The van der Waals surface area contributed by atoms with Gasteiger partial charge in [-0.25, -0.2) is 0 Å². The molecule has 0 radical (unpaired) electrons. The summed E-state index contributed by atoms with van der Waals surface area (Å²) < 4.78 is 12.0. The lowest BCUT2D eigenvalue weighted by molar-refractivity contribution is -0.122. The number of fused-ring (bicyclic) bond motifs is 1. The first-order chi connectivity index (χ1) is 13.6. The van der Waals surface area contributed by atoms with Gasteiger partial charge in [-0.15, -0.1) is 0 Å². The summed E-state index contributed by atoms with van der Waals surface area (Å²) in [7, 11) is 0. The highest BCUT2D eigenvalue weighted by atomic mass is 16.5. The second kappa shape index (κ2) is 7.98. The minimum atomic E-state index is -0.417. The maximum absolute atomic E-state index is 13.0. The number of hydrogen-bond donors (Lipinski definition) is 1. The average Bonchev–Trinajstić information content (AvgIpc) is 2.68. The Morgan fingerprint density at radius 2 is 1.82 bits per heavy atom. The van der Waals surface area contributed by atoms with Crippen molar-refractivity contribution in [3.05, 3.63) is 82.2 Å². The van der Waals surface area contributed by atoms with Crippen LogP contribution in [0, 0.1) is 0 Å². The Morgan fingerprint density at radius 1 is 1.07 bits per heavy atom. The molecule has 1 aliphatic rings. The molecule has 1 aromatic heterocycles. The summed E-state index contributed by atoms with van der Waals surface area (Å²) in [5.41, 5.74) is 2.16. The van der Waals surface area contributed by atoms with Crippen LogP contribution in [0.5, 0.6) is 0 Å². The Kier molecular flexibility index (Phi) is 5.26. The molecule has 144 valence electrons. The number of rotatable bonds is 4. The Morgan fingerprint density at radius 3 is 2.61 bits per heavy atom. The van der Waals surface area contributed by atoms with E-state index in [1.165, 1.54) is 18.8 Å². The number of carbonyl (C=O) groups is 1. The summed E-state index contributed by atoms with van der Waals surface area (Å²) in [5, 5.41) is 3.55. The van der Waals surface area contributed by atoms with Crippen LogP contribution in [-0.2, 0) is 16.0 Å². The van der Waals surface area contributed by atoms with Gasteiger partial charge in [-0.1, -0.05) is 42.5 Å². The van der Waals surface area contributed by atoms with Crippen molar-refractivity contribution in [2.45, 2.75) is 44.4 Å². The van der Waals surface area contributed by atoms with Crippen LogP contribution in [0.4, 0.5) is 0 Å². The molecule has 3 atom stereocenters. The van der Waals surface area contributed by atoms with E-state index in [1.807, 2.05) is 30.3 Å². The number of benzene rings is 2. The Balaban J connectivity index is 1.64. The van der Waals surface area contributed by atoms with E-state index in [4.69, 9.17) is 9.15 Å². The van der Waals surface area contributed by atoms with Crippen LogP contribution in [0.1, 0.15) is 37.0 Å². The quantitative estimate of drug-likeness (QED) is 0.752. The number of amides is 1. The maximum Gasteiger partial charge on any atom is 0.217 e. The van der Waals surface area contributed by atoms with Crippen LogP contribution in [0.15, 0.2) is 70.1 Å². The Bertz CT molecular complexity index is 1030. The van der Waals surface area contributed by atoms with Gasteiger partial charge in [0, 0.05) is 13.0 Å². The third kappa shape index (κ3) is 3.99. The predicted octanol–water partition coefficient (Wildman–Crippen LogP) is 3.76. The fourth-order valence-corrected chi connectivity index (χ4v) is 3.94. The molecule has 1 fully saturated rings. The first-order valence-corrected chi connectivity index (χ1v) is 9.57. The molecular formula is C23H23NO4. The normalized spacial score (nSPS) is 22.1. The molecule has 3 aromatic rings. The molecule has 1 aliphatic heterocycles. The van der Waals surface area contributed by atoms with Gasteiger partial charge < -0.3 is 14.5 Å². The molecule has 0 unspecified atom stereocenters. The molecule has 2 aromatic carbocycles. The molecule has 4 rings (SSSR count). The van der Waals surface area contributed by atoms with Crippen molar-refractivity contribution in [2.75, 3.05) is 0 Å². The molecule has 28 heavy (non-hydrogen) atoms. The van der Waals surface area contributed by atoms with Crippen molar-refractivity contribution < 1.29 is 13.9 Å². The van der Waals surface area contributed by atoms with Gasteiger partial charge >= 0.3 is 0 Å². The van der Waals surface area contributed by atoms with Crippen LogP contribution >= 0.6 is 0 Å². The predicted molar refractivity (Wildman–Crippen MR) is 107 cm³/mol. The third-order valence-electron chi connectivity index (χ3n) is 5.17. The smallest absolute Gasteiger partial charge is 0.217 e. The van der Waals surface area contributed by atoms with Gasteiger partial charge in [0.1, 0.15) is 11.8 Å². The van der Waals surface area contributed by atoms with E-state index in [9.17, 15) is 9.59 Å². The molecule has 1 amide bonds. The van der Waals surface area contributed by atoms with E-state index in [0.717, 1.165) is 6.42 Å². The molecule has 1 N–H and O–H groups in total. The number of ether oxygens (including phenoxy) is 1. The summed E-state index contributed by atoms with van der Waals surface area (Å²) in [5.74, 6) is -0.0744. The molecule has 0 spiro atoms. The highest BCUT2D eigenvalue weighted by Gasteiger charge is 2.33. The second-order valence-corrected chi connectivity index (χ2v) is 7.32. The van der Waals surface area contributed by atoms with Crippen molar-refractivity contribution in [3.8, 4) is 0 Å². The molecule has 0 saturated carbocycles. The zero-order valence-corrected chi connectivity index (χ0v) is 15.8. The van der Waals surface area contributed by atoms with Crippen molar-refractivity contribution in [1.82, 2.24) is 5.32 Å². The molecule has 1 saturated heterocycles. The Labute approximate surface area is 163 Å². The van der Waals surface area contributed by atoms with E-state index in [2.05, 4.69) is 17.4 Å². The first kappa shape index (κ1) is 18.4. The van der Waals surface area contributed by atoms with Gasteiger partial charge in [0.25, 0.3) is 0 Å². The summed E-state index contributed by atoms with van der Waals surface area (Å²) in [6.07, 6.45) is 2.99. The maximum atomic E-state index is 13.0. The average molecular weight is 377 g/mol. The van der Waals surface area contributed by atoms with Crippen molar-refractivity contribution >= 4 is 16.9 Å². The van der Waals surface area contributed by atoms with Crippen LogP contribution < -0.4 is 10.7 Å². The summed E-state index contributed by atoms with van der Waals surface area (Å²) in [6, 6.07) is 17.3. The number of carbonyl (C=O) groups excluding carboxylic acids is 1. The lowest BCUT2D eigenvalue weighted by atomic mass is 9.91. The largest absolute Gasteiger partial charge is 0.464 e. The number of nitrogens with one attached hydrogen (secondary N) is 1. The van der Waals surface area contributed by atoms with Gasteiger partial charge in [-0.3, -0.25) is 9.59 Å². The molecule has 0 aliphatic carbocycles. The lowest BCUT2D eigenvalue weighted by Gasteiger charge is -2.35. The monoisotopic (exact) mass is 377 g/mol. The molecule has 5 heteroatoms. The summed E-state index contributed by atoms with van der Waals surface area (Å²) in [4.78, 5) is 24.6. The molecule has 5 nitrogen and oxygen atoms in total. The van der Waals surface area contributed by atoms with Crippen molar-refractivity contribution in [1.29, 1.82) is 0 Å². The SMILES string of the molecule is CC(=O)N[C@H]1C[C@@H](Cc2ccccc2)O[C@@H](c2coc3ccccc3c2=O)C1. The lowest BCUT2D eigenvalue weighted by Crippen LogP contribution is -2.43. The standard InChI is InChI=1S/C23H23NO4/c1-15(25)24-17-12-18(11-16-7-3-2-4-8-16)28-22(13-17)20-14-27-21-10-6-5-9-19(21)23(20)26/h2-10,14,17-18,22H,11-13H2,1H3,(H,24,25)/t17-,18+,22+/m0/s1. The van der Waals surface area contributed by atoms with Crippen LogP contribution in [-0.4, -0.2) is 18.1 Å². The highest BCUT2D eigenvalue weighted by Crippen LogP contribution is 2.32. The summed E-state index contributed by atoms with van der Waals surface area (Å²) in [6.45, 7) is 1.51. The first-order valence-electron chi connectivity index (χ1n) is 9.57. The van der Waals surface area contributed by atoms with E-state index >= 15 is 0 Å². The van der Waals surface area contributed by atoms with Crippen molar-refractivity contribution in [2.24, 2.45) is 0 Å². The van der Waals surface area contributed by atoms with Gasteiger partial charge in [-0.2, -0.15) is 0 Å². The van der Waals surface area contributed by atoms with Gasteiger partial charge in [0.2, 0.25) is 5.91 Å². The van der Waals surface area contributed by atoms with Crippen LogP contribution in [0.25, 0.3) is 11.0 Å². The molecular weight excluding hydrogens is 354 g/mol. The van der Waals surface area contributed by atoms with Crippen LogP contribution in [0.2, 0.25) is 0 Å². The zero-order chi connectivity index (χ0) is 19.5. The highest BCUT2D eigenvalue weighted by molar-refractivity contribution is 5.76.